The Balaban J connectivity index is 2.55. The first kappa shape index (κ1) is 13.3. The van der Waals surface area contributed by atoms with Crippen LogP contribution in [0.3, 0.4) is 0 Å². The number of nitrogens with zero attached hydrogens (tertiary/aromatic N) is 1. The molecule has 0 radical (unpaired) electrons. The van der Waals surface area contributed by atoms with Crippen molar-refractivity contribution in [3.8, 4) is 12.3 Å². The van der Waals surface area contributed by atoms with Crippen LogP contribution in [0.25, 0.3) is 0 Å². The molecule has 0 saturated carbocycles. The average Bonchev–Trinajstić information content (AvgIpc) is 2.38. The molecule has 0 saturated heterocycles. The molecule has 1 amide bonds. The van der Waals surface area contributed by atoms with Gasteiger partial charge in [0.05, 0.1) is 19.1 Å². The molecule has 0 spiro atoms. The second kappa shape index (κ2) is 6.72. The zero-order valence-electron chi connectivity index (χ0n) is 10.3. The van der Waals surface area contributed by atoms with Gasteiger partial charge in [0.25, 0.3) is 0 Å². The van der Waals surface area contributed by atoms with Crippen LogP contribution >= 0.6 is 0 Å². The van der Waals surface area contributed by atoms with Gasteiger partial charge < -0.3 is 4.90 Å². The van der Waals surface area contributed by atoms with Crippen LogP contribution in [0, 0.1) is 12.3 Å². The largest absolute Gasteiger partial charge is 0.338 e. The molecule has 90 valence electrons. The maximum atomic E-state index is 11.8. The third-order valence-electron chi connectivity index (χ3n) is 2.76. The van der Waals surface area contributed by atoms with E-state index in [1.807, 2.05) is 37.3 Å². The monoisotopic (exact) mass is 230 g/mol. The maximum absolute atomic E-state index is 11.8. The lowest BCUT2D eigenvalue weighted by Crippen LogP contribution is -2.37. The minimum atomic E-state index is 0.0385. The fourth-order valence-electron chi connectivity index (χ4n) is 1.54. The van der Waals surface area contributed by atoms with Gasteiger partial charge in [-0.15, -0.1) is 6.42 Å². The van der Waals surface area contributed by atoms with Gasteiger partial charge >= 0.3 is 0 Å². The lowest BCUT2D eigenvalue weighted by Gasteiger charge is -2.25. The Morgan fingerprint density at radius 2 is 2.12 bits per heavy atom. The molecule has 0 heterocycles. The Morgan fingerprint density at radius 1 is 1.47 bits per heavy atom. The second-order valence-corrected chi connectivity index (χ2v) is 3.90. The Labute approximate surface area is 103 Å². The molecule has 1 atom stereocenters. The summed E-state index contributed by atoms with van der Waals surface area (Å²) in [6, 6.07) is 10.0. The number of carbonyl (C=O) groups is 1. The SMILES string of the molecule is C#CCNCC(=O)N(C)C(C)c1ccccc1. The number of benzene rings is 1. The zero-order valence-corrected chi connectivity index (χ0v) is 10.3. The topological polar surface area (TPSA) is 32.3 Å². The van der Waals surface area contributed by atoms with Crippen molar-refractivity contribution < 1.29 is 4.79 Å². The second-order valence-electron chi connectivity index (χ2n) is 3.90. The van der Waals surface area contributed by atoms with Crippen molar-refractivity contribution in [2.24, 2.45) is 0 Å². The predicted molar refractivity (Wildman–Crippen MR) is 69.3 cm³/mol. The average molecular weight is 230 g/mol. The summed E-state index contributed by atoms with van der Waals surface area (Å²) in [5, 5.41) is 2.89. The molecule has 17 heavy (non-hydrogen) atoms. The highest BCUT2D eigenvalue weighted by Crippen LogP contribution is 2.17. The van der Waals surface area contributed by atoms with Crippen molar-refractivity contribution in [2.75, 3.05) is 20.1 Å². The number of hydrogen-bond acceptors (Lipinski definition) is 2. The van der Waals surface area contributed by atoms with Crippen LogP contribution in [0.1, 0.15) is 18.5 Å². The van der Waals surface area contributed by atoms with E-state index in [9.17, 15) is 4.79 Å². The normalized spacial score (nSPS) is 11.6. The standard InChI is InChI=1S/C14H18N2O/c1-4-10-15-11-14(17)16(3)12(2)13-8-6-5-7-9-13/h1,5-9,12,15H,10-11H2,2-3H3. The van der Waals surface area contributed by atoms with Gasteiger partial charge in [0.1, 0.15) is 0 Å². The van der Waals surface area contributed by atoms with E-state index in [-0.39, 0.29) is 18.5 Å². The molecule has 1 unspecified atom stereocenters. The van der Waals surface area contributed by atoms with Crippen molar-refractivity contribution in [3.05, 3.63) is 35.9 Å². The van der Waals surface area contributed by atoms with Crippen molar-refractivity contribution >= 4 is 5.91 Å². The molecule has 1 aromatic carbocycles. The Bertz CT molecular complexity index is 394. The van der Waals surface area contributed by atoms with Crippen molar-refractivity contribution in [2.45, 2.75) is 13.0 Å². The minimum Gasteiger partial charge on any atom is -0.338 e. The summed E-state index contributed by atoms with van der Waals surface area (Å²) >= 11 is 0. The molecule has 0 bridgehead atoms. The van der Waals surface area contributed by atoms with Crippen molar-refractivity contribution in [1.82, 2.24) is 10.2 Å². The van der Waals surface area contributed by atoms with Gasteiger partial charge in [0.15, 0.2) is 0 Å². The number of terminal acetylenes is 1. The highest BCUT2D eigenvalue weighted by atomic mass is 16.2. The molecule has 3 heteroatoms. The van der Waals surface area contributed by atoms with Crippen LogP contribution in [0.15, 0.2) is 30.3 Å². The van der Waals surface area contributed by atoms with E-state index in [0.717, 1.165) is 5.56 Å². The third kappa shape index (κ3) is 3.93. The first-order valence-corrected chi connectivity index (χ1v) is 5.61. The zero-order chi connectivity index (χ0) is 12.7. The molecule has 1 aromatic rings. The Hall–Kier alpha value is -1.79. The van der Waals surface area contributed by atoms with Gasteiger partial charge in [-0.3, -0.25) is 10.1 Å². The van der Waals surface area contributed by atoms with Crippen LogP contribution in [0.2, 0.25) is 0 Å². The number of amides is 1. The van der Waals surface area contributed by atoms with E-state index in [0.29, 0.717) is 6.54 Å². The van der Waals surface area contributed by atoms with Gasteiger partial charge in [-0.1, -0.05) is 36.3 Å². The van der Waals surface area contributed by atoms with E-state index in [1.165, 1.54) is 0 Å². The van der Waals surface area contributed by atoms with Gasteiger partial charge in [-0.2, -0.15) is 0 Å². The first-order valence-electron chi connectivity index (χ1n) is 5.61. The van der Waals surface area contributed by atoms with Crippen LogP contribution < -0.4 is 5.32 Å². The summed E-state index contributed by atoms with van der Waals surface area (Å²) in [6.07, 6.45) is 5.10. The van der Waals surface area contributed by atoms with Crippen LogP contribution in [-0.2, 0) is 4.79 Å². The predicted octanol–water partition coefficient (Wildman–Crippen LogP) is 1.43. The minimum absolute atomic E-state index is 0.0385. The fraction of sp³-hybridized carbons (Fsp3) is 0.357. The van der Waals surface area contributed by atoms with Gasteiger partial charge in [-0.05, 0) is 12.5 Å². The quantitative estimate of drug-likeness (QED) is 0.613. The number of likely N-dealkylation sites (N-methyl/N-ethyl adjacent to an activating group) is 1. The molecule has 0 fully saturated rings. The molecular weight excluding hydrogens is 212 g/mol. The summed E-state index contributed by atoms with van der Waals surface area (Å²) in [7, 11) is 1.80. The number of nitrogens with one attached hydrogen (secondary N) is 1. The Kier molecular flexibility index (Phi) is 5.25. The summed E-state index contributed by atoms with van der Waals surface area (Å²) in [6.45, 7) is 2.70. The van der Waals surface area contributed by atoms with Gasteiger partial charge in [-0.25, -0.2) is 0 Å². The van der Waals surface area contributed by atoms with E-state index in [1.54, 1.807) is 11.9 Å². The molecule has 0 aliphatic heterocycles. The number of hydrogen-bond donors (Lipinski definition) is 1. The fourth-order valence-corrected chi connectivity index (χ4v) is 1.54. The van der Waals surface area contributed by atoms with E-state index in [2.05, 4.69) is 11.2 Å². The van der Waals surface area contributed by atoms with E-state index >= 15 is 0 Å². The summed E-state index contributed by atoms with van der Waals surface area (Å²) in [5.74, 6) is 2.48. The molecule has 0 aliphatic rings. The highest BCUT2D eigenvalue weighted by molar-refractivity contribution is 5.78. The van der Waals surface area contributed by atoms with Crippen molar-refractivity contribution in [3.63, 3.8) is 0 Å². The van der Waals surface area contributed by atoms with Gasteiger partial charge in [0.2, 0.25) is 5.91 Å². The van der Waals surface area contributed by atoms with Crippen LogP contribution in [0.5, 0.6) is 0 Å². The molecule has 1 N–H and O–H groups in total. The molecule has 0 aliphatic carbocycles. The molecule has 1 rings (SSSR count). The first-order chi connectivity index (χ1) is 8.16. The lowest BCUT2D eigenvalue weighted by molar-refractivity contribution is -0.130. The number of carbonyl (C=O) groups excluding carboxylic acids is 1. The maximum Gasteiger partial charge on any atom is 0.236 e. The molecule has 3 nitrogen and oxygen atoms in total. The smallest absolute Gasteiger partial charge is 0.236 e. The summed E-state index contributed by atoms with van der Waals surface area (Å²) in [5.41, 5.74) is 1.13. The number of rotatable bonds is 5. The third-order valence-corrected chi connectivity index (χ3v) is 2.76. The van der Waals surface area contributed by atoms with Gasteiger partial charge in [0, 0.05) is 7.05 Å². The molecule has 0 aromatic heterocycles. The van der Waals surface area contributed by atoms with Crippen LogP contribution in [0.4, 0.5) is 0 Å². The van der Waals surface area contributed by atoms with E-state index in [4.69, 9.17) is 6.42 Å². The molecular formula is C14H18N2O. The highest BCUT2D eigenvalue weighted by Gasteiger charge is 2.16. The summed E-state index contributed by atoms with van der Waals surface area (Å²) in [4.78, 5) is 13.5. The van der Waals surface area contributed by atoms with E-state index < -0.39 is 0 Å². The lowest BCUT2D eigenvalue weighted by atomic mass is 10.1. The Morgan fingerprint density at radius 3 is 2.71 bits per heavy atom. The van der Waals surface area contributed by atoms with Crippen LogP contribution in [-0.4, -0.2) is 30.9 Å². The summed E-state index contributed by atoms with van der Waals surface area (Å²) < 4.78 is 0. The van der Waals surface area contributed by atoms with Crippen molar-refractivity contribution in [1.29, 1.82) is 0 Å².